The van der Waals surface area contributed by atoms with Crippen LogP contribution >= 0.6 is 0 Å². The van der Waals surface area contributed by atoms with Crippen molar-refractivity contribution in [2.24, 2.45) is 5.92 Å². The normalized spacial score (nSPS) is 17.8. The fourth-order valence-electron chi connectivity index (χ4n) is 6.13. The molecule has 2 aliphatic rings. The maximum absolute atomic E-state index is 13.3. The average Bonchev–Trinajstić information content (AvgIpc) is 3.34. The van der Waals surface area contributed by atoms with Crippen molar-refractivity contribution in [2.75, 3.05) is 20.2 Å². The van der Waals surface area contributed by atoms with Crippen molar-refractivity contribution in [1.82, 2.24) is 15.2 Å². The largest absolute Gasteiger partial charge is 0.497 e. The van der Waals surface area contributed by atoms with Crippen LogP contribution in [-0.2, 0) is 14.4 Å². The molecule has 37 heavy (non-hydrogen) atoms. The highest BCUT2D eigenvalue weighted by atomic mass is 16.5. The monoisotopic (exact) mass is 511 g/mol. The molecule has 0 saturated heterocycles. The number of Topliss-reactive ketones (excluding diaryl/α,β-unsaturated/α-hetero) is 1. The lowest BCUT2D eigenvalue weighted by Crippen LogP contribution is -2.57. The van der Waals surface area contributed by atoms with Gasteiger partial charge >= 0.3 is 5.97 Å². The molecule has 0 radical (unpaired) electrons. The summed E-state index contributed by atoms with van der Waals surface area (Å²) in [5, 5.41) is 13.1. The van der Waals surface area contributed by atoms with E-state index in [2.05, 4.69) is 10.3 Å². The number of aromatic nitrogens is 1. The Morgan fingerprint density at radius 2 is 1.78 bits per heavy atom. The minimum Gasteiger partial charge on any atom is -0.497 e. The van der Waals surface area contributed by atoms with Crippen LogP contribution in [0.25, 0.3) is 10.9 Å². The highest BCUT2D eigenvalue weighted by Gasteiger charge is 2.41. The first kappa shape index (κ1) is 26.7. The van der Waals surface area contributed by atoms with E-state index < -0.39 is 17.7 Å². The minimum absolute atomic E-state index is 0.175. The molecule has 4 rings (SSSR count). The molecule has 2 fully saturated rings. The number of carbonyl (C=O) groups is 4. The quantitative estimate of drug-likeness (QED) is 0.326. The Hall–Kier alpha value is -3.36. The predicted molar refractivity (Wildman–Crippen MR) is 139 cm³/mol. The second-order valence-corrected chi connectivity index (χ2v) is 10.4. The minimum atomic E-state index is -1.10. The van der Waals surface area contributed by atoms with Gasteiger partial charge in [-0.1, -0.05) is 38.5 Å². The van der Waals surface area contributed by atoms with E-state index in [-0.39, 0.29) is 36.5 Å². The summed E-state index contributed by atoms with van der Waals surface area (Å²) in [4.78, 5) is 55.2. The van der Waals surface area contributed by atoms with Gasteiger partial charge in [-0.25, -0.2) is 0 Å². The summed E-state index contributed by atoms with van der Waals surface area (Å²) >= 11 is 0. The van der Waals surface area contributed by atoms with Crippen LogP contribution in [0.1, 0.15) is 81.0 Å². The zero-order valence-corrected chi connectivity index (χ0v) is 21.5. The van der Waals surface area contributed by atoms with E-state index in [9.17, 15) is 24.3 Å². The van der Waals surface area contributed by atoms with E-state index in [1.54, 1.807) is 18.2 Å². The van der Waals surface area contributed by atoms with Crippen LogP contribution in [-0.4, -0.2) is 64.3 Å². The molecule has 1 heterocycles. The maximum Gasteiger partial charge on any atom is 0.305 e. The van der Waals surface area contributed by atoms with Crippen molar-refractivity contribution in [3.63, 3.8) is 0 Å². The first-order valence-corrected chi connectivity index (χ1v) is 13.3. The first-order chi connectivity index (χ1) is 17.8. The van der Waals surface area contributed by atoms with Gasteiger partial charge in [-0.05, 0) is 43.7 Å². The average molecular weight is 512 g/mol. The van der Waals surface area contributed by atoms with Crippen LogP contribution < -0.4 is 10.1 Å². The number of aliphatic carboxylic acids is 1. The Kier molecular flexibility index (Phi) is 8.51. The third kappa shape index (κ3) is 6.14. The lowest BCUT2D eigenvalue weighted by Gasteiger charge is -2.46. The van der Waals surface area contributed by atoms with Crippen molar-refractivity contribution < 1.29 is 29.0 Å². The van der Waals surface area contributed by atoms with E-state index in [0.29, 0.717) is 22.6 Å². The smallest absolute Gasteiger partial charge is 0.305 e. The van der Waals surface area contributed by atoms with E-state index in [0.717, 1.165) is 62.7 Å². The van der Waals surface area contributed by atoms with E-state index in [1.165, 1.54) is 19.7 Å². The van der Waals surface area contributed by atoms with E-state index in [1.807, 2.05) is 0 Å². The Bertz CT molecular complexity index is 1140. The number of aromatic amines is 1. The zero-order chi connectivity index (χ0) is 26.4. The van der Waals surface area contributed by atoms with Crippen molar-refractivity contribution in [3.05, 3.63) is 30.0 Å². The lowest BCUT2D eigenvalue weighted by atomic mass is 9.67. The second kappa shape index (κ2) is 11.8. The van der Waals surface area contributed by atoms with Gasteiger partial charge in [0, 0.05) is 35.2 Å². The number of rotatable bonds is 10. The fourth-order valence-corrected chi connectivity index (χ4v) is 6.13. The summed E-state index contributed by atoms with van der Waals surface area (Å²) in [6.07, 6.45) is 11.9. The SMILES string of the molecule is COc1ccc2c(C(=O)C(=O)N(CCC(=O)O)CC(=O)NC3(C4CCCCC4)CCCCC3)c[nH]c2c1. The molecule has 0 unspecified atom stereocenters. The number of ketones is 1. The number of fused-ring (bicyclic) bond motifs is 1. The molecule has 3 N–H and O–H groups in total. The summed E-state index contributed by atoms with van der Waals surface area (Å²) in [5.74, 6) is -2.08. The first-order valence-electron chi connectivity index (χ1n) is 13.3. The van der Waals surface area contributed by atoms with Gasteiger partial charge in [0.1, 0.15) is 5.75 Å². The van der Waals surface area contributed by atoms with Gasteiger partial charge < -0.3 is 25.0 Å². The van der Waals surface area contributed by atoms with Crippen molar-refractivity contribution in [1.29, 1.82) is 0 Å². The Labute approximate surface area is 216 Å². The van der Waals surface area contributed by atoms with Crippen LogP contribution in [0.2, 0.25) is 0 Å². The van der Waals surface area contributed by atoms with Crippen LogP contribution in [0.5, 0.6) is 5.75 Å². The number of H-pyrrole nitrogens is 1. The Balaban J connectivity index is 1.51. The lowest BCUT2D eigenvalue weighted by molar-refractivity contribution is -0.139. The van der Waals surface area contributed by atoms with Crippen LogP contribution in [0.4, 0.5) is 0 Å². The predicted octanol–water partition coefficient (Wildman–Crippen LogP) is 4.06. The molecule has 9 heteroatoms. The summed E-state index contributed by atoms with van der Waals surface area (Å²) in [6.45, 7) is -0.567. The van der Waals surface area contributed by atoms with E-state index >= 15 is 0 Å². The molecule has 0 bridgehead atoms. The third-order valence-electron chi connectivity index (χ3n) is 8.07. The molecule has 1 aromatic carbocycles. The summed E-state index contributed by atoms with van der Waals surface area (Å²) < 4.78 is 5.21. The van der Waals surface area contributed by atoms with Crippen LogP contribution in [0.15, 0.2) is 24.4 Å². The molecule has 1 aromatic heterocycles. The number of carbonyl (C=O) groups excluding carboxylic acids is 3. The number of amides is 2. The molecule has 9 nitrogen and oxygen atoms in total. The number of carboxylic acids is 1. The number of benzene rings is 1. The van der Waals surface area contributed by atoms with Gasteiger partial charge in [-0.15, -0.1) is 0 Å². The fraction of sp³-hybridized carbons (Fsp3) is 0.571. The van der Waals surface area contributed by atoms with Gasteiger partial charge in [-0.2, -0.15) is 0 Å². The van der Waals surface area contributed by atoms with Gasteiger partial charge in [0.15, 0.2) is 0 Å². The number of nitrogens with one attached hydrogen (secondary N) is 2. The molecule has 2 saturated carbocycles. The second-order valence-electron chi connectivity index (χ2n) is 10.4. The number of hydrogen-bond donors (Lipinski definition) is 3. The molecule has 200 valence electrons. The molecule has 0 aliphatic heterocycles. The number of methoxy groups -OCH3 is 1. The number of nitrogens with zero attached hydrogens (tertiary/aromatic N) is 1. The highest BCUT2D eigenvalue weighted by molar-refractivity contribution is 6.45. The van der Waals surface area contributed by atoms with Gasteiger partial charge in [0.2, 0.25) is 5.91 Å². The zero-order valence-electron chi connectivity index (χ0n) is 21.5. The van der Waals surface area contributed by atoms with Gasteiger partial charge in [0.25, 0.3) is 11.7 Å². The number of carboxylic acid groups (broad SMARTS) is 1. The van der Waals surface area contributed by atoms with Crippen molar-refractivity contribution >= 4 is 34.5 Å². The number of hydrogen-bond acceptors (Lipinski definition) is 5. The number of ether oxygens (including phenoxy) is 1. The Morgan fingerprint density at radius 3 is 2.46 bits per heavy atom. The van der Waals surface area contributed by atoms with Gasteiger partial charge in [-0.3, -0.25) is 19.2 Å². The topological polar surface area (TPSA) is 129 Å². The van der Waals surface area contributed by atoms with Crippen molar-refractivity contribution in [3.8, 4) is 5.75 Å². The molecular formula is C28H37N3O6. The Morgan fingerprint density at radius 1 is 1.08 bits per heavy atom. The van der Waals surface area contributed by atoms with Crippen LogP contribution in [0, 0.1) is 5.92 Å². The molecular weight excluding hydrogens is 474 g/mol. The van der Waals surface area contributed by atoms with Gasteiger partial charge in [0.05, 0.1) is 25.6 Å². The standard InChI is InChI=1S/C28H37N3O6/c1-37-20-10-11-21-22(17-29-23(21)16-20)26(35)27(36)31(15-12-25(33)34)18-24(32)30-28(13-6-3-7-14-28)19-8-4-2-5-9-19/h10-11,16-17,19,29H,2-9,12-15,18H2,1H3,(H,30,32)(H,33,34). The summed E-state index contributed by atoms with van der Waals surface area (Å²) in [6, 6.07) is 5.11. The van der Waals surface area contributed by atoms with Crippen molar-refractivity contribution in [2.45, 2.75) is 76.2 Å². The highest BCUT2D eigenvalue weighted by Crippen LogP contribution is 2.41. The summed E-state index contributed by atoms with van der Waals surface area (Å²) in [7, 11) is 1.54. The molecule has 2 aliphatic carbocycles. The summed E-state index contributed by atoms with van der Waals surface area (Å²) in [5.41, 5.74) is 0.531. The van der Waals surface area contributed by atoms with Crippen LogP contribution in [0.3, 0.4) is 0 Å². The van der Waals surface area contributed by atoms with E-state index in [4.69, 9.17) is 4.74 Å². The molecule has 2 amide bonds. The molecule has 0 atom stereocenters. The maximum atomic E-state index is 13.3. The third-order valence-corrected chi connectivity index (χ3v) is 8.07. The molecule has 2 aromatic rings. The molecule has 0 spiro atoms.